The number of aryl methyl sites for hydroxylation is 1. The molecule has 1 aromatic rings. The molecule has 0 spiro atoms. The molecule has 1 aromatic carbocycles. The minimum Gasteiger partial charge on any atom is -0.399 e. The number of fused-ring (bicyclic) bond motifs is 1. The molecule has 6 heteroatoms. The number of hydrogen-bond donors (Lipinski definition) is 1. The molecule has 0 radical (unpaired) electrons. The van der Waals surface area contributed by atoms with Crippen LogP contribution < -0.4 is 5.73 Å². The third kappa shape index (κ3) is 2.67. The second kappa shape index (κ2) is 5.59. The minimum absolute atomic E-state index is 0.386. The molecule has 0 amide bonds. The first-order chi connectivity index (χ1) is 10.0. The summed E-state index contributed by atoms with van der Waals surface area (Å²) in [6.45, 7) is 5.11. The first-order valence-electron chi connectivity index (χ1n) is 7.65. The standard InChI is InChI=1S/C15H23N3O2S/c1-2-12-5-6-13(16)10-15(12)21(19,20)18-9-8-17-7-3-4-14(17)11-18/h5-6,10,14H,2-4,7-9,11,16H2,1H3. The monoisotopic (exact) mass is 309 g/mol. The molecule has 3 rings (SSSR count). The smallest absolute Gasteiger partial charge is 0.243 e. The normalized spacial score (nSPS) is 24.1. The van der Waals surface area contributed by atoms with Crippen molar-refractivity contribution in [2.45, 2.75) is 37.1 Å². The van der Waals surface area contributed by atoms with Crippen LogP contribution in [0.3, 0.4) is 0 Å². The third-order valence-electron chi connectivity index (χ3n) is 4.64. The maximum absolute atomic E-state index is 13.0. The summed E-state index contributed by atoms with van der Waals surface area (Å²) in [4.78, 5) is 2.79. The van der Waals surface area contributed by atoms with E-state index >= 15 is 0 Å². The lowest BCUT2D eigenvalue weighted by Crippen LogP contribution is -2.52. The molecule has 2 heterocycles. The van der Waals surface area contributed by atoms with Crippen LogP contribution >= 0.6 is 0 Å². The summed E-state index contributed by atoms with van der Waals surface area (Å²) in [7, 11) is -3.44. The Hall–Kier alpha value is -1.11. The zero-order valence-corrected chi connectivity index (χ0v) is 13.3. The molecule has 5 nitrogen and oxygen atoms in total. The van der Waals surface area contributed by atoms with Crippen molar-refractivity contribution in [1.29, 1.82) is 0 Å². The van der Waals surface area contributed by atoms with Crippen LogP contribution in [0.2, 0.25) is 0 Å². The van der Waals surface area contributed by atoms with Crippen molar-refractivity contribution in [3.05, 3.63) is 23.8 Å². The Balaban J connectivity index is 1.91. The maximum Gasteiger partial charge on any atom is 0.243 e. The van der Waals surface area contributed by atoms with Gasteiger partial charge < -0.3 is 5.73 Å². The molecule has 21 heavy (non-hydrogen) atoms. The van der Waals surface area contributed by atoms with E-state index in [0.29, 0.717) is 36.1 Å². The van der Waals surface area contributed by atoms with E-state index in [0.717, 1.165) is 25.1 Å². The molecule has 2 aliphatic heterocycles. The SMILES string of the molecule is CCc1ccc(N)cc1S(=O)(=O)N1CCN2CCCC2C1. The van der Waals surface area contributed by atoms with Crippen molar-refractivity contribution in [1.82, 2.24) is 9.21 Å². The number of hydrogen-bond acceptors (Lipinski definition) is 4. The number of benzene rings is 1. The molecular weight excluding hydrogens is 286 g/mol. The molecule has 0 aliphatic carbocycles. The fraction of sp³-hybridized carbons (Fsp3) is 0.600. The van der Waals surface area contributed by atoms with Gasteiger partial charge in [0.1, 0.15) is 0 Å². The number of sulfonamides is 1. The average Bonchev–Trinajstić information content (AvgIpc) is 2.94. The summed E-state index contributed by atoms with van der Waals surface area (Å²) in [5, 5.41) is 0. The number of nitrogen functional groups attached to an aromatic ring is 1. The lowest BCUT2D eigenvalue weighted by molar-refractivity contribution is 0.158. The Labute approximate surface area is 126 Å². The Bertz CT molecular complexity index is 630. The van der Waals surface area contributed by atoms with Crippen molar-refractivity contribution in [3.63, 3.8) is 0 Å². The maximum atomic E-state index is 13.0. The molecule has 0 saturated carbocycles. The van der Waals surface area contributed by atoms with E-state index in [4.69, 9.17) is 5.73 Å². The van der Waals surface area contributed by atoms with Gasteiger partial charge in [0.2, 0.25) is 10.0 Å². The van der Waals surface area contributed by atoms with Gasteiger partial charge in [-0.3, -0.25) is 4.90 Å². The zero-order chi connectivity index (χ0) is 15.0. The highest BCUT2D eigenvalue weighted by Gasteiger charge is 2.36. The lowest BCUT2D eigenvalue weighted by atomic mass is 10.1. The Kier molecular flexibility index (Phi) is 3.94. The van der Waals surface area contributed by atoms with Crippen molar-refractivity contribution in [2.75, 3.05) is 31.9 Å². The second-order valence-electron chi connectivity index (χ2n) is 5.92. The van der Waals surface area contributed by atoms with E-state index < -0.39 is 10.0 Å². The van der Waals surface area contributed by atoms with Crippen LogP contribution in [0, 0.1) is 0 Å². The van der Waals surface area contributed by atoms with E-state index in [-0.39, 0.29) is 0 Å². The van der Waals surface area contributed by atoms with Crippen LogP contribution in [0.1, 0.15) is 25.3 Å². The van der Waals surface area contributed by atoms with Gasteiger partial charge >= 0.3 is 0 Å². The number of rotatable bonds is 3. The van der Waals surface area contributed by atoms with Gasteiger partial charge in [-0.1, -0.05) is 13.0 Å². The average molecular weight is 309 g/mol. The van der Waals surface area contributed by atoms with Crippen LogP contribution in [-0.4, -0.2) is 49.8 Å². The van der Waals surface area contributed by atoms with Gasteiger partial charge in [-0.15, -0.1) is 0 Å². The summed E-state index contributed by atoms with van der Waals surface area (Å²) in [5.41, 5.74) is 7.15. The number of nitrogens with zero attached hydrogens (tertiary/aromatic N) is 2. The van der Waals surface area contributed by atoms with E-state index in [1.165, 1.54) is 6.42 Å². The Morgan fingerprint density at radius 2 is 2.10 bits per heavy atom. The molecule has 2 saturated heterocycles. The molecule has 2 aliphatic rings. The van der Waals surface area contributed by atoms with Crippen LogP contribution in [0.5, 0.6) is 0 Å². The van der Waals surface area contributed by atoms with Gasteiger partial charge in [0.25, 0.3) is 0 Å². The highest BCUT2D eigenvalue weighted by molar-refractivity contribution is 7.89. The van der Waals surface area contributed by atoms with E-state index in [1.807, 2.05) is 13.0 Å². The van der Waals surface area contributed by atoms with Gasteiger partial charge in [0, 0.05) is 31.4 Å². The molecule has 116 valence electrons. The van der Waals surface area contributed by atoms with Crippen molar-refractivity contribution in [2.24, 2.45) is 0 Å². The largest absolute Gasteiger partial charge is 0.399 e. The summed E-state index contributed by atoms with van der Waals surface area (Å²) in [6.07, 6.45) is 2.97. The fourth-order valence-electron chi connectivity index (χ4n) is 3.42. The Morgan fingerprint density at radius 1 is 1.29 bits per heavy atom. The second-order valence-corrected chi connectivity index (χ2v) is 7.82. The number of anilines is 1. The fourth-order valence-corrected chi connectivity index (χ4v) is 5.22. The van der Waals surface area contributed by atoms with Gasteiger partial charge in [-0.25, -0.2) is 8.42 Å². The van der Waals surface area contributed by atoms with Crippen molar-refractivity contribution >= 4 is 15.7 Å². The van der Waals surface area contributed by atoms with Gasteiger partial charge in [0.15, 0.2) is 0 Å². The van der Waals surface area contributed by atoms with Crippen molar-refractivity contribution < 1.29 is 8.42 Å². The van der Waals surface area contributed by atoms with Crippen LogP contribution in [-0.2, 0) is 16.4 Å². The predicted molar refractivity (Wildman–Crippen MR) is 83.6 cm³/mol. The highest BCUT2D eigenvalue weighted by Crippen LogP contribution is 2.28. The van der Waals surface area contributed by atoms with E-state index in [1.54, 1.807) is 16.4 Å². The topological polar surface area (TPSA) is 66.6 Å². The van der Waals surface area contributed by atoms with Gasteiger partial charge in [0.05, 0.1) is 4.90 Å². The molecule has 1 atom stereocenters. The quantitative estimate of drug-likeness (QED) is 0.855. The molecular formula is C15H23N3O2S. The van der Waals surface area contributed by atoms with Crippen molar-refractivity contribution in [3.8, 4) is 0 Å². The molecule has 2 fully saturated rings. The molecule has 1 unspecified atom stereocenters. The van der Waals surface area contributed by atoms with Gasteiger partial charge in [-0.2, -0.15) is 4.31 Å². The molecule has 0 bridgehead atoms. The summed E-state index contributed by atoms with van der Waals surface area (Å²) >= 11 is 0. The van der Waals surface area contributed by atoms with E-state index in [9.17, 15) is 8.42 Å². The summed E-state index contributed by atoms with van der Waals surface area (Å²) in [6, 6.07) is 5.59. The molecule has 2 N–H and O–H groups in total. The number of nitrogens with two attached hydrogens (primary N) is 1. The highest BCUT2D eigenvalue weighted by atomic mass is 32.2. The first kappa shape index (κ1) is 14.8. The first-order valence-corrected chi connectivity index (χ1v) is 9.09. The predicted octanol–water partition coefficient (Wildman–Crippen LogP) is 1.30. The van der Waals surface area contributed by atoms with Crippen LogP contribution in [0.25, 0.3) is 0 Å². The number of piperazine rings is 1. The van der Waals surface area contributed by atoms with Crippen LogP contribution in [0.15, 0.2) is 23.1 Å². The molecule has 0 aromatic heterocycles. The van der Waals surface area contributed by atoms with Crippen LogP contribution in [0.4, 0.5) is 5.69 Å². The lowest BCUT2D eigenvalue weighted by Gasteiger charge is -2.36. The Morgan fingerprint density at radius 3 is 2.86 bits per heavy atom. The summed E-state index contributed by atoms with van der Waals surface area (Å²) < 4.78 is 27.6. The summed E-state index contributed by atoms with van der Waals surface area (Å²) in [5.74, 6) is 0. The van der Waals surface area contributed by atoms with Gasteiger partial charge in [-0.05, 0) is 43.5 Å². The van der Waals surface area contributed by atoms with E-state index in [2.05, 4.69) is 4.90 Å². The minimum atomic E-state index is -3.44. The zero-order valence-electron chi connectivity index (χ0n) is 12.5. The third-order valence-corrected chi connectivity index (χ3v) is 6.59.